The molecule has 5 aromatic carbocycles. The molecule has 5 aromatic rings. The number of carbonyl (C=O) groups is 9. The van der Waals surface area contributed by atoms with E-state index in [1.54, 1.807) is 121 Å². The molecule has 0 spiro atoms. The highest BCUT2D eigenvalue weighted by Crippen LogP contribution is 2.43. The van der Waals surface area contributed by atoms with Crippen LogP contribution in [0.4, 0.5) is 38.0 Å². The maximum Gasteiger partial charge on any atom is 0.415 e. The summed E-state index contributed by atoms with van der Waals surface area (Å²) in [6, 6.07) is 33.5. The lowest BCUT2D eigenvalue weighted by molar-refractivity contribution is -0.139. The summed E-state index contributed by atoms with van der Waals surface area (Å²) in [5.74, 6) is -2.21. The first-order valence-corrected chi connectivity index (χ1v) is 27.0. The molecule has 0 aliphatic carbocycles. The van der Waals surface area contributed by atoms with Gasteiger partial charge in [-0.2, -0.15) is 0 Å². The second-order valence-electron chi connectivity index (χ2n) is 19.7. The fourth-order valence-corrected chi connectivity index (χ4v) is 9.46. The molecule has 23 nitrogen and oxygen atoms in total. The number of rotatable bonds is 23. The van der Waals surface area contributed by atoms with E-state index in [0.717, 1.165) is 17.7 Å². The zero-order valence-electron chi connectivity index (χ0n) is 46.3. The molecule has 432 valence electrons. The zero-order valence-corrected chi connectivity index (χ0v) is 46.3. The Hall–Kier alpha value is -9.35. The SMILES string of the molecule is CCC(=O)N1c2ccccc2[C@H](N(C(=O)OCc2ccc(NC(=O)CNC(=O)[C@H](Cc3ccccc3)NC(=O)CNC(=O)CN)cc2)c2ccc(NC(=O)CNC(=O)Nc3ccc(OCCN4CCN(C)C(=O)[C@H]4C)cc3)cc2)C[C@@H]1C. The minimum Gasteiger partial charge on any atom is -0.492 e. The number of hydrogen-bond acceptors (Lipinski definition) is 13. The number of urea groups is 1. The number of carbonyl (C=O) groups excluding carboxylic acids is 9. The number of anilines is 5. The Bertz CT molecular complexity index is 3060. The van der Waals surface area contributed by atoms with Crippen LogP contribution >= 0.6 is 0 Å². The largest absolute Gasteiger partial charge is 0.492 e. The molecule has 0 radical (unpaired) electrons. The number of ether oxygens (including phenoxy) is 2. The van der Waals surface area contributed by atoms with Crippen LogP contribution in [0.25, 0.3) is 0 Å². The molecule has 1 fully saturated rings. The topological polar surface area (TPSA) is 295 Å². The van der Waals surface area contributed by atoms with Gasteiger partial charge in [0.05, 0.1) is 38.3 Å². The molecule has 2 aliphatic heterocycles. The number of likely N-dealkylation sites (N-methyl/N-ethyl adjacent to an activating group) is 1. The van der Waals surface area contributed by atoms with Gasteiger partial charge in [-0.3, -0.25) is 43.4 Å². The van der Waals surface area contributed by atoms with Crippen molar-refractivity contribution in [2.75, 3.05) is 85.2 Å². The van der Waals surface area contributed by atoms with E-state index >= 15 is 0 Å². The fourth-order valence-electron chi connectivity index (χ4n) is 9.46. The third kappa shape index (κ3) is 16.8. The summed E-state index contributed by atoms with van der Waals surface area (Å²) >= 11 is 0. The Labute approximate surface area is 475 Å². The molecule has 23 heteroatoms. The minimum absolute atomic E-state index is 0.0616. The van der Waals surface area contributed by atoms with Gasteiger partial charge in [0.2, 0.25) is 41.4 Å². The van der Waals surface area contributed by atoms with Crippen LogP contribution < -0.4 is 57.5 Å². The number of nitrogens with two attached hydrogens (primary N) is 1. The molecule has 10 amide bonds. The highest BCUT2D eigenvalue weighted by atomic mass is 16.6. The standard InChI is InChI=1S/C59H70N12O11/c1-5-55(76)70-38(2)31-50(47-13-9-10-14-49(47)70)71(45-23-19-43(20-24-45)65-53(74)36-63-58(79)66-44-21-25-46(26-22-44)81-30-29-69-28-27-68(4)57(78)39(69)3)59(80)82-37-41-15-17-42(18-16-41)64-52(73)35-62-56(77)48(32-40-11-7-6-8-12-40)67-54(75)34-61-51(72)33-60/h6-26,38-39,48,50H,5,27-37,60H2,1-4H3,(H,61,72)(H,62,77)(H,64,73)(H,65,74)(H,67,75)(H2,63,66,79)/t38-,39+,48-,50+/m0/s1. The van der Waals surface area contributed by atoms with Gasteiger partial charge in [-0.15, -0.1) is 0 Å². The van der Waals surface area contributed by atoms with Crippen molar-refractivity contribution < 1.29 is 52.6 Å². The number of hydrogen-bond donors (Lipinski definition) is 8. The second kappa shape index (κ2) is 29.2. The van der Waals surface area contributed by atoms with E-state index in [-0.39, 0.29) is 63.0 Å². The van der Waals surface area contributed by atoms with Crippen LogP contribution in [0.2, 0.25) is 0 Å². The lowest BCUT2D eigenvalue weighted by Gasteiger charge is -2.43. The molecule has 9 N–H and O–H groups in total. The molecule has 1 saturated heterocycles. The second-order valence-corrected chi connectivity index (χ2v) is 19.7. The molecule has 0 saturated carbocycles. The predicted molar refractivity (Wildman–Crippen MR) is 309 cm³/mol. The van der Waals surface area contributed by atoms with Crippen molar-refractivity contribution in [3.63, 3.8) is 0 Å². The Kier molecular flexibility index (Phi) is 21.5. The Morgan fingerprint density at radius 2 is 1.29 bits per heavy atom. The highest BCUT2D eigenvalue weighted by Gasteiger charge is 2.39. The molecule has 0 aromatic heterocycles. The van der Waals surface area contributed by atoms with Gasteiger partial charge < -0.3 is 62.2 Å². The minimum atomic E-state index is -1.06. The van der Waals surface area contributed by atoms with Gasteiger partial charge in [0.15, 0.2) is 0 Å². The van der Waals surface area contributed by atoms with Gasteiger partial charge in [0, 0.05) is 74.0 Å². The van der Waals surface area contributed by atoms with E-state index in [2.05, 4.69) is 42.1 Å². The summed E-state index contributed by atoms with van der Waals surface area (Å²) in [6.45, 7) is 6.39. The maximum atomic E-state index is 14.5. The molecular weight excluding hydrogens is 1050 g/mol. The van der Waals surface area contributed by atoms with E-state index in [1.807, 2.05) is 44.2 Å². The van der Waals surface area contributed by atoms with Gasteiger partial charge in [-0.1, -0.05) is 67.6 Å². The summed E-state index contributed by atoms with van der Waals surface area (Å²) in [6.07, 6.45) is 0.0816. The molecule has 0 unspecified atom stereocenters. The number of para-hydroxylation sites is 1. The molecule has 82 heavy (non-hydrogen) atoms. The number of nitrogens with one attached hydrogen (secondary N) is 7. The van der Waals surface area contributed by atoms with Crippen LogP contribution in [-0.2, 0) is 51.3 Å². The third-order valence-electron chi connectivity index (χ3n) is 13.8. The number of piperazine rings is 1. The normalized spacial score (nSPS) is 16.1. The van der Waals surface area contributed by atoms with Crippen LogP contribution in [0, 0.1) is 0 Å². The lowest BCUT2D eigenvalue weighted by atomic mass is 9.90. The Balaban J connectivity index is 0.935. The van der Waals surface area contributed by atoms with Crippen molar-refractivity contribution in [2.45, 2.75) is 70.8 Å². The summed E-state index contributed by atoms with van der Waals surface area (Å²) in [5, 5.41) is 18.3. The predicted octanol–water partition coefficient (Wildman–Crippen LogP) is 4.26. The van der Waals surface area contributed by atoms with Crippen LogP contribution in [0.15, 0.2) is 127 Å². The van der Waals surface area contributed by atoms with Crippen LogP contribution in [0.5, 0.6) is 5.75 Å². The Morgan fingerprint density at radius 1 is 0.683 bits per heavy atom. The summed E-state index contributed by atoms with van der Waals surface area (Å²) < 4.78 is 11.8. The van der Waals surface area contributed by atoms with Gasteiger partial charge in [0.1, 0.15) is 25.0 Å². The molecule has 0 bridgehead atoms. The smallest absolute Gasteiger partial charge is 0.415 e. The van der Waals surface area contributed by atoms with Crippen molar-refractivity contribution >= 4 is 81.9 Å². The lowest BCUT2D eigenvalue weighted by Crippen LogP contribution is -2.55. The molecule has 2 aliphatic rings. The van der Waals surface area contributed by atoms with E-state index in [4.69, 9.17) is 15.2 Å². The molecule has 7 rings (SSSR count). The van der Waals surface area contributed by atoms with Crippen molar-refractivity contribution in [3.8, 4) is 5.75 Å². The van der Waals surface area contributed by atoms with Gasteiger partial charge >= 0.3 is 12.1 Å². The molecule has 2 heterocycles. The van der Waals surface area contributed by atoms with Crippen molar-refractivity contribution in [1.29, 1.82) is 0 Å². The number of fused-ring (bicyclic) bond motifs is 1. The third-order valence-corrected chi connectivity index (χ3v) is 13.8. The van der Waals surface area contributed by atoms with Gasteiger partial charge in [-0.25, -0.2) is 9.59 Å². The average Bonchev–Trinajstić information content (AvgIpc) is 3.51. The van der Waals surface area contributed by atoms with Gasteiger partial charge in [-0.05, 0) is 104 Å². The zero-order chi connectivity index (χ0) is 58.7. The number of nitrogens with zero attached hydrogens (tertiary/aromatic N) is 4. The monoisotopic (exact) mass is 1120 g/mol. The summed E-state index contributed by atoms with van der Waals surface area (Å²) in [4.78, 5) is 123. The molecule has 4 atom stereocenters. The van der Waals surface area contributed by atoms with Crippen LogP contribution in [0.3, 0.4) is 0 Å². The van der Waals surface area contributed by atoms with Crippen molar-refractivity contribution in [2.24, 2.45) is 5.73 Å². The summed E-state index contributed by atoms with van der Waals surface area (Å²) in [7, 11) is 1.80. The van der Waals surface area contributed by atoms with E-state index < -0.39 is 60.3 Å². The molecular formula is C59H70N12O11. The number of amides is 10. The first-order chi connectivity index (χ1) is 39.5. The summed E-state index contributed by atoms with van der Waals surface area (Å²) in [5.41, 5.74) is 9.76. The fraction of sp³-hybridized carbons (Fsp3) is 0.339. The number of benzene rings is 5. The first-order valence-electron chi connectivity index (χ1n) is 27.0. The first kappa shape index (κ1) is 60.3. The quantitative estimate of drug-likeness (QED) is 0.0454. The van der Waals surface area contributed by atoms with Crippen molar-refractivity contribution in [3.05, 3.63) is 144 Å². The average molecular weight is 1120 g/mol. The van der Waals surface area contributed by atoms with E-state index in [9.17, 15) is 43.2 Å². The van der Waals surface area contributed by atoms with Gasteiger partial charge in [0.25, 0.3) is 0 Å². The maximum absolute atomic E-state index is 14.5. The Morgan fingerprint density at radius 3 is 1.96 bits per heavy atom. The van der Waals surface area contributed by atoms with Crippen molar-refractivity contribution in [1.82, 2.24) is 31.1 Å². The van der Waals surface area contributed by atoms with E-state index in [1.165, 1.54) is 4.90 Å². The highest BCUT2D eigenvalue weighted by molar-refractivity contribution is 5.99. The van der Waals surface area contributed by atoms with Crippen LogP contribution in [0.1, 0.15) is 56.3 Å². The van der Waals surface area contributed by atoms with Crippen LogP contribution in [-0.4, -0.2) is 141 Å². The van der Waals surface area contributed by atoms with E-state index in [0.29, 0.717) is 65.9 Å².